The molecular weight excluding hydrogens is 210 g/mol. The molecule has 0 radical (unpaired) electrons. The van der Waals surface area contributed by atoms with Crippen molar-refractivity contribution in [2.24, 2.45) is 5.41 Å². The van der Waals surface area contributed by atoms with Gasteiger partial charge in [-0.25, -0.2) is 0 Å². The third-order valence-corrected chi connectivity index (χ3v) is 3.55. The van der Waals surface area contributed by atoms with E-state index >= 15 is 0 Å². The van der Waals surface area contributed by atoms with E-state index in [1.54, 1.807) is 6.92 Å². The molecule has 0 N–H and O–H groups in total. The molecule has 0 rings (SSSR count). The Labute approximate surface area is 106 Å². The van der Waals surface area contributed by atoms with Crippen LogP contribution >= 0.6 is 0 Å². The van der Waals surface area contributed by atoms with Gasteiger partial charge in [0.1, 0.15) is 11.2 Å². The van der Waals surface area contributed by atoms with Crippen LogP contribution in [0.1, 0.15) is 78.6 Å². The third kappa shape index (κ3) is 7.15. The largest absolute Gasteiger partial charge is 0.298 e. The van der Waals surface area contributed by atoms with Gasteiger partial charge in [0, 0.05) is 0 Å². The van der Waals surface area contributed by atoms with Gasteiger partial charge in [-0.05, 0) is 20.3 Å². The smallest absolute Gasteiger partial charge is 0.149 e. The van der Waals surface area contributed by atoms with Crippen molar-refractivity contribution in [2.75, 3.05) is 0 Å². The number of nitriles is 1. The van der Waals surface area contributed by atoms with Gasteiger partial charge in [-0.15, -0.1) is 0 Å². The molecule has 0 aliphatic rings. The molecule has 2 heteroatoms. The predicted octanol–water partition coefficient (Wildman–Crippen LogP) is 4.64. The van der Waals surface area contributed by atoms with Gasteiger partial charge in [0.25, 0.3) is 0 Å². The van der Waals surface area contributed by atoms with Crippen LogP contribution in [-0.2, 0) is 4.79 Å². The standard InChI is InChI=1S/C15H27NO/c1-4-5-6-7-8-9-10-11-12-15(3,13-16)14(2)17/h4-12H2,1-3H3. The van der Waals surface area contributed by atoms with Crippen molar-refractivity contribution >= 4 is 5.78 Å². The predicted molar refractivity (Wildman–Crippen MR) is 71.6 cm³/mol. The normalized spacial score (nSPS) is 14.0. The first-order valence-electron chi connectivity index (χ1n) is 6.99. The maximum Gasteiger partial charge on any atom is 0.149 e. The Kier molecular flexibility index (Phi) is 8.76. The van der Waals surface area contributed by atoms with Gasteiger partial charge in [-0.2, -0.15) is 5.26 Å². The van der Waals surface area contributed by atoms with Gasteiger partial charge in [0.2, 0.25) is 0 Å². The van der Waals surface area contributed by atoms with Crippen molar-refractivity contribution in [3.8, 4) is 6.07 Å². The van der Waals surface area contributed by atoms with Crippen molar-refractivity contribution in [2.45, 2.75) is 78.6 Å². The Bertz CT molecular complexity index is 254. The molecule has 0 aliphatic carbocycles. The zero-order valence-electron chi connectivity index (χ0n) is 11.7. The SMILES string of the molecule is CCCCCCCCCCC(C)(C#N)C(C)=O. The van der Waals surface area contributed by atoms with Crippen LogP contribution in [-0.4, -0.2) is 5.78 Å². The highest BCUT2D eigenvalue weighted by molar-refractivity contribution is 5.84. The van der Waals surface area contributed by atoms with E-state index < -0.39 is 5.41 Å². The molecule has 0 aromatic rings. The summed E-state index contributed by atoms with van der Waals surface area (Å²) in [6, 6.07) is 2.15. The second-order valence-electron chi connectivity index (χ2n) is 5.22. The molecule has 0 aliphatic heterocycles. The fourth-order valence-electron chi connectivity index (χ4n) is 1.92. The summed E-state index contributed by atoms with van der Waals surface area (Å²) in [7, 11) is 0. The Morgan fingerprint density at radius 1 is 1.06 bits per heavy atom. The van der Waals surface area contributed by atoms with Gasteiger partial charge in [0.05, 0.1) is 6.07 Å². The van der Waals surface area contributed by atoms with Crippen LogP contribution in [0.2, 0.25) is 0 Å². The number of Topliss-reactive ketones (excluding diaryl/α,β-unsaturated/α-hetero) is 1. The van der Waals surface area contributed by atoms with Gasteiger partial charge in [-0.3, -0.25) is 4.79 Å². The first kappa shape index (κ1) is 16.2. The lowest BCUT2D eigenvalue weighted by atomic mass is 9.82. The molecule has 0 fully saturated rings. The average Bonchev–Trinajstić information content (AvgIpc) is 2.32. The molecule has 2 nitrogen and oxygen atoms in total. The Morgan fingerprint density at radius 2 is 1.53 bits per heavy atom. The summed E-state index contributed by atoms with van der Waals surface area (Å²) in [5, 5.41) is 8.98. The third-order valence-electron chi connectivity index (χ3n) is 3.55. The van der Waals surface area contributed by atoms with E-state index in [9.17, 15) is 4.79 Å². The molecule has 0 aromatic heterocycles. The van der Waals surface area contributed by atoms with E-state index in [1.807, 2.05) is 0 Å². The number of nitrogens with zero attached hydrogens (tertiary/aromatic N) is 1. The number of hydrogen-bond donors (Lipinski definition) is 0. The van der Waals surface area contributed by atoms with Gasteiger partial charge in [0.15, 0.2) is 0 Å². The molecule has 17 heavy (non-hydrogen) atoms. The number of rotatable bonds is 10. The lowest BCUT2D eigenvalue weighted by Gasteiger charge is -2.17. The lowest BCUT2D eigenvalue weighted by Crippen LogP contribution is -2.23. The van der Waals surface area contributed by atoms with E-state index in [2.05, 4.69) is 13.0 Å². The van der Waals surface area contributed by atoms with E-state index in [1.165, 1.54) is 45.4 Å². The number of carbonyl (C=O) groups is 1. The summed E-state index contributed by atoms with van der Waals surface area (Å²) in [6.45, 7) is 5.51. The van der Waals surface area contributed by atoms with Crippen LogP contribution < -0.4 is 0 Å². The summed E-state index contributed by atoms with van der Waals surface area (Å²) in [4.78, 5) is 11.3. The molecule has 0 saturated heterocycles. The second kappa shape index (κ2) is 9.22. The van der Waals surface area contributed by atoms with E-state index in [4.69, 9.17) is 5.26 Å². The second-order valence-corrected chi connectivity index (χ2v) is 5.22. The van der Waals surface area contributed by atoms with E-state index in [0.29, 0.717) is 6.42 Å². The fourth-order valence-corrected chi connectivity index (χ4v) is 1.92. The maximum atomic E-state index is 11.3. The number of hydrogen-bond acceptors (Lipinski definition) is 2. The summed E-state index contributed by atoms with van der Waals surface area (Å²) in [6.07, 6.45) is 10.7. The Hall–Kier alpha value is -0.840. The summed E-state index contributed by atoms with van der Waals surface area (Å²) in [5.41, 5.74) is -0.748. The molecular formula is C15H27NO. The van der Waals surface area contributed by atoms with E-state index in [0.717, 1.165) is 12.8 Å². The number of ketones is 1. The zero-order valence-corrected chi connectivity index (χ0v) is 11.7. The van der Waals surface area contributed by atoms with Crippen LogP contribution in [0.15, 0.2) is 0 Å². The quantitative estimate of drug-likeness (QED) is 0.519. The Morgan fingerprint density at radius 3 is 1.94 bits per heavy atom. The fraction of sp³-hybridized carbons (Fsp3) is 0.867. The van der Waals surface area contributed by atoms with Gasteiger partial charge < -0.3 is 0 Å². The minimum Gasteiger partial charge on any atom is -0.298 e. The Balaban J connectivity index is 3.51. The molecule has 1 atom stereocenters. The molecule has 0 aromatic carbocycles. The lowest BCUT2D eigenvalue weighted by molar-refractivity contribution is -0.123. The van der Waals surface area contributed by atoms with Gasteiger partial charge >= 0.3 is 0 Å². The first-order chi connectivity index (χ1) is 8.06. The molecule has 0 amide bonds. The van der Waals surface area contributed by atoms with Crippen LogP contribution in [0, 0.1) is 16.7 Å². The molecule has 1 unspecified atom stereocenters. The monoisotopic (exact) mass is 237 g/mol. The highest BCUT2D eigenvalue weighted by Gasteiger charge is 2.28. The van der Waals surface area contributed by atoms with Crippen molar-refractivity contribution in [1.29, 1.82) is 5.26 Å². The van der Waals surface area contributed by atoms with Crippen LogP contribution in [0.25, 0.3) is 0 Å². The van der Waals surface area contributed by atoms with Crippen LogP contribution in [0.4, 0.5) is 0 Å². The molecule has 0 bridgehead atoms. The minimum atomic E-state index is -0.748. The summed E-state index contributed by atoms with van der Waals surface area (Å²) < 4.78 is 0. The van der Waals surface area contributed by atoms with Crippen molar-refractivity contribution in [3.63, 3.8) is 0 Å². The summed E-state index contributed by atoms with van der Waals surface area (Å²) in [5.74, 6) is 0.00273. The molecule has 0 heterocycles. The van der Waals surface area contributed by atoms with Crippen molar-refractivity contribution in [1.82, 2.24) is 0 Å². The summed E-state index contributed by atoms with van der Waals surface area (Å²) >= 11 is 0. The number of carbonyl (C=O) groups excluding carboxylic acids is 1. The van der Waals surface area contributed by atoms with Crippen molar-refractivity contribution < 1.29 is 4.79 Å². The van der Waals surface area contributed by atoms with Gasteiger partial charge in [-0.1, -0.05) is 58.3 Å². The average molecular weight is 237 g/mol. The number of unbranched alkanes of at least 4 members (excludes halogenated alkanes) is 7. The maximum absolute atomic E-state index is 11.3. The highest BCUT2D eigenvalue weighted by Crippen LogP contribution is 2.25. The van der Waals surface area contributed by atoms with E-state index in [-0.39, 0.29) is 5.78 Å². The minimum absolute atomic E-state index is 0.00273. The molecule has 0 saturated carbocycles. The van der Waals surface area contributed by atoms with Crippen molar-refractivity contribution in [3.05, 3.63) is 0 Å². The van der Waals surface area contributed by atoms with Crippen LogP contribution in [0.3, 0.4) is 0 Å². The first-order valence-corrected chi connectivity index (χ1v) is 6.99. The zero-order chi connectivity index (χ0) is 13.1. The topological polar surface area (TPSA) is 40.9 Å². The molecule has 98 valence electrons. The van der Waals surface area contributed by atoms with Crippen LogP contribution in [0.5, 0.6) is 0 Å². The molecule has 0 spiro atoms. The highest BCUT2D eigenvalue weighted by atomic mass is 16.1.